The molecule has 0 aliphatic carbocycles. The predicted octanol–water partition coefficient (Wildman–Crippen LogP) is 1.69. The van der Waals surface area contributed by atoms with Gasteiger partial charge in [-0.2, -0.15) is 0 Å². The third kappa shape index (κ3) is 3.03. The Morgan fingerprint density at radius 1 is 1.43 bits per heavy atom. The smallest absolute Gasteiger partial charge is 0.248 e. The van der Waals surface area contributed by atoms with Gasteiger partial charge < -0.3 is 10.4 Å². The molecule has 74 valence electrons. The van der Waals surface area contributed by atoms with E-state index in [0.717, 1.165) is 11.3 Å². The lowest BCUT2D eigenvalue weighted by Gasteiger charge is -2.02. The van der Waals surface area contributed by atoms with Crippen molar-refractivity contribution in [2.75, 3.05) is 5.32 Å². The number of benzene rings is 1. The second-order valence-electron chi connectivity index (χ2n) is 2.84. The van der Waals surface area contributed by atoms with E-state index in [2.05, 4.69) is 5.32 Å². The highest BCUT2D eigenvalue weighted by Gasteiger charge is 1.96. The van der Waals surface area contributed by atoms with E-state index in [-0.39, 0.29) is 12.5 Å². The second-order valence-corrected chi connectivity index (χ2v) is 2.84. The van der Waals surface area contributed by atoms with Crippen molar-refractivity contribution in [2.24, 2.45) is 0 Å². The van der Waals surface area contributed by atoms with Crippen molar-refractivity contribution >= 4 is 11.6 Å². The molecule has 0 radical (unpaired) electrons. The molecular weight excluding hydrogens is 178 g/mol. The summed E-state index contributed by atoms with van der Waals surface area (Å²) in [5, 5.41) is 11.5. The first-order valence-corrected chi connectivity index (χ1v) is 4.39. The third-order valence-electron chi connectivity index (χ3n) is 1.72. The molecule has 1 rings (SSSR count). The molecule has 0 saturated carbocycles. The molecule has 1 aromatic rings. The molecule has 0 aliphatic heterocycles. The van der Waals surface area contributed by atoms with Crippen LogP contribution in [-0.4, -0.2) is 11.0 Å². The molecule has 3 heteroatoms. The van der Waals surface area contributed by atoms with Crippen LogP contribution in [0.2, 0.25) is 0 Å². The fraction of sp³-hybridized carbons (Fsp3) is 0.182. The highest BCUT2D eigenvalue weighted by Crippen LogP contribution is 2.09. The number of hydrogen-bond donors (Lipinski definition) is 2. The van der Waals surface area contributed by atoms with Crippen LogP contribution in [0.25, 0.3) is 0 Å². The van der Waals surface area contributed by atoms with Crippen LogP contribution in [0.5, 0.6) is 0 Å². The van der Waals surface area contributed by atoms with Crippen molar-refractivity contribution in [1.29, 1.82) is 0 Å². The number of allylic oxidation sites excluding steroid dienone is 1. The van der Waals surface area contributed by atoms with Crippen LogP contribution in [0.4, 0.5) is 5.69 Å². The van der Waals surface area contributed by atoms with Crippen molar-refractivity contribution < 1.29 is 9.90 Å². The van der Waals surface area contributed by atoms with Gasteiger partial charge in [-0.25, -0.2) is 0 Å². The van der Waals surface area contributed by atoms with Crippen LogP contribution in [0.1, 0.15) is 12.5 Å². The molecule has 0 heterocycles. The predicted molar refractivity (Wildman–Crippen MR) is 55.8 cm³/mol. The Kier molecular flexibility index (Phi) is 3.88. The molecular formula is C11H13NO2. The quantitative estimate of drug-likeness (QED) is 0.714. The summed E-state index contributed by atoms with van der Waals surface area (Å²) in [6.07, 6.45) is 3.14. The number of hydrogen-bond acceptors (Lipinski definition) is 2. The number of nitrogens with one attached hydrogen (secondary N) is 1. The maximum absolute atomic E-state index is 11.1. The molecule has 1 aromatic carbocycles. The summed E-state index contributed by atoms with van der Waals surface area (Å²) in [6, 6.07) is 7.05. The summed E-state index contributed by atoms with van der Waals surface area (Å²) < 4.78 is 0. The van der Waals surface area contributed by atoms with E-state index in [1.165, 1.54) is 6.08 Å². The zero-order chi connectivity index (χ0) is 10.4. The van der Waals surface area contributed by atoms with Gasteiger partial charge in [-0.05, 0) is 30.7 Å². The molecule has 0 spiro atoms. The Balaban J connectivity index is 2.64. The van der Waals surface area contributed by atoms with Gasteiger partial charge in [0.05, 0.1) is 6.61 Å². The number of aliphatic hydroxyl groups excluding tert-OH is 1. The summed E-state index contributed by atoms with van der Waals surface area (Å²) in [6.45, 7) is 1.80. The highest BCUT2D eigenvalue weighted by molar-refractivity contribution is 5.99. The van der Waals surface area contributed by atoms with E-state index in [9.17, 15) is 4.79 Å². The van der Waals surface area contributed by atoms with Crippen molar-refractivity contribution in [3.8, 4) is 0 Å². The molecule has 0 atom stereocenters. The largest absolute Gasteiger partial charge is 0.392 e. The van der Waals surface area contributed by atoms with Gasteiger partial charge in [-0.1, -0.05) is 18.2 Å². The van der Waals surface area contributed by atoms with Crippen molar-refractivity contribution in [3.63, 3.8) is 0 Å². The van der Waals surface area contributed by atoms with Gasteiger partial charge in [0.1, 0.15) is 0 Å². The molecule has 0 bridgehead atoms. The minimum Gasteiger partial charge on any atom is -0.392 e. The fourth-order valence-corrected chi connectivity index (χ4v) is 1.03. The van der Waals surface area contributed by atoms with Gasteiger partial charge in [0.15, 0.2) is 0 Å². The Morgan fingerprint density at radius 3 is 2.57 bits per heavy atom. The van der Waals surface area contributed by atoms with Gasteiger partial charge in [0.25, 0.3) is 0 Å². The second kappa shape index (κ2) is 5.19. The summed E-state index contributed by atoms with van der Waals surface area (Å²) in [5.74, 6) is -0.149. The molecule has 0 aromatic heterocycles. The molecule has 0 saturated heterocycles. The van der Waals surface area contributed by atoms with E-state index in [4.69, 9.17) is 5.11 Å². The Bertz CT molecular complexity index is 328. The van der Waals surface area contributed by atoms with Crippen LogP contribution >= 0.6 is 0 Å². The van der Waals surface area contributed by atoms with Gasteiger partial charge in [0.2, 0.25) is 5.91 Å². The lowest BCUT2D eigenvalue weighted by Crippen LogP contribution is -2.07. The lowest BCUT2D eigenvalue weighted by molar-refractivity contribution is -0.111. The van der Waals surface area contributed by atoms with Gasteiger partial charge in [0, 0.05) is 5.69 Å². The number of carbonyl (C=O) groups is 1. The van der Waals surface area contributed by atoms with Crippen molar-refractivity contribution in [3.05, 3.63) is 42.0 Å². The fourth-order valence-electron chi connectivity index (χ4n) is 1.03. The number of amides is 1. The summed E-state index contributed by atoms with van der Waals surface area (Å²) >= 11 is 0. The Morgan fingerprint density at radius 2 is 2.07 bits per heavy atom. The van der Waals surface area contributed by atoms with E-state index < -0.39 is 0 Å². The highest BCUT2D eigenvalue weighted by atomic mass is 16.3. The van der Waals surface area contributed by atoms with E-state index in [1.807, 2.05) is 0 Å². The van der Waals surface area contributed by atoms with Crippen molar-refractivity contribution in [1.82, 2.24) is 0 Å². The molecule has 3 nitrogen and oxygen atoms in total. The molecule has 1 amide bonds. The maximum Gasteiger partial charge on any atom is 0.248 e. The Labute approximate surface area is 83.1 Å². The Hall–Kier alpha value is -1.61. The van der Waals surface area contributed by atoms with Crippen molar-refractivity contribution in [2.45, 2.75) is 13.5 Å². The zero-order valence-corrected chi connectivity index (χ0v) is 8.03. The van der Waals surface area contributed by atoms with E-state index in [1.54, 1.807) is 37.3 Å². The average molecular weight is 191 g/mol. The number of aliphatic hydroxyl groups is 1. The monoisotopic (exact) mass is 191 g/mol. The normalized spacial score (nSPS) is 10.4. The topological polar surface area (TPSA) is 49.3 Å². The maximum atomic E-state index is 11.1. The molecule has 0 unspecified atom stereocenters. The molecule has 14 heavy (non-hydrogen) atoms. The van der Waals surface area contributed by atoms with Gasteiger partial charge >= 0.3 is 0 Å². The number of anilines is 1. The molecule has 2 N–H and O–H groups in total. The van der Waals surface area contributed by atoms with Crippen LogP contribution in [0, 0.1) is 0 Å². The average Bonchev–Trinajstić information content (AvgIpc) is 2.19. The number of rotatable bonds is 3. The number of carbonyl (C=O) groups excluding carboxylic acids is 1. The SMILES string of the molecule is CC=CC(=O)Nc1ccc(CO)cc1. The summed E-state index contributed by atoms with van der Waals surface area (Å²) in [7, 11) is 0. The molecule has 0 fully saturated rings. The summed E-state index contributed by atoms with van der Waals surface area (Å²) in [4.78, 5) is 11.1. The van der Waals surface area contributed by atoms with Crippen LogP contribution in [-0.2, 0) is 11.4 Å². The summed E-state index contributed by atoms with van der Waals surface area (Å²) in [5.41, 5.74) is 1.55. The van der Waals surface area contributed by atoms with Crippen LogP contribution < -0.4 is 5.32 Å². The first kappa shape index (κ1) is 10.5. The minimum atomic E-state index is -0.149. The van der Waals surface area contributed by atoms with Crippen LogP contribution in [0.3, 0.4) is 0 Å². The third-order valence-corrected chi connectivity index (χ3v) is 1.72. The van der Waals surface area contributed by atoms with E-state index >= 15 is 0 Å². The van der Waals surface area contributed by atoms with Gasteiger partial charge in [-0.15, -0.1) is 0 Å². The first-order chi connectivity index (χ1) is 6.76. The van der Waals surface area contributed by atoms with Crippen LogP contribution in [0.15, 0.2) is 36.4 Å². The van der Waals surface area contributed by atoms with E-state index in [0.29, 0.717) is 0 Å². The van der Waals surface area contributed by atoms with Gasteiger partial charge in [-0.3, -0.25) is 4.79 Å². The lowest BCUT2D eigenvalue weighted by atomic mass is 10.2. The zero-order valence-electron chi connectivity index (χ0n) is 8.03. The minimum absolute atomic E-state index is 0.0170. The standard InChI is InChI=1S/C11H13NO2/c1-2-3-11(14)12-10-6-4-9(8-13)5-7-10/h2-7,13H,8H2,1H3,(H,12,14). The molecule has 0 aliphatic rings. The first-order valence-electron chi connectivity index (χ1n) is 4.39.